The largest absolute Gasteiger partial charge is 0.437 e. The highest BCUT2D eigenvalue weighted by atomic mass is 19.4. The van der Waals surface area contributed by atoms with Crippen molar-refractivity contribution < 1.29 is 22.8 Å². The molecule has 0 atom stereocenters. The van der Waals surface area contributed by atoms with E-state index in [2.05, 4.69) is 0 Å². The van der Waals surface area contributed by atoms with E-state index in [0.717, 1.165) is 12.1 Å². The Morgan fingerprint density at radius 1 is 1.21 bits per heavy atom. The van der Waals surface area contributed by atoms with Crippen LogP contribution in [0.5, 0.6) is 0 Å². The Morgan fingerprint density at radius 3 is 2.21 bits per heavy atom. The molecule has 0 radical (unpaired) electrons. The van der Waals surface area contributed by atoms with Gasteiger partial charge < -0.3 is 5.21 Å². The quantitative estimate of drug-likeness (QED) is 0.326. The molecule has 1 rings (SSSR count). The fourth-order valence-electron chi connectivity index (χ4n) is 0.917. The lowest BCUT2D eigenvalue weighted by Crippen LogP contribution is -2.25. The van der Waals surface area contributed by atoms with E-state index in [9.17, 15) is 17.6 Å². The van der Waals surface area contributed by atoms with E-state index in [1.54, 1.807) is 0 Å². The van der Waals surface area contributed by atoms with Crippen molar-refractivity contribution in [1.29, 1.82) is 0 Å². The maximum absolute atomic E-state index is 12.9. The Hall–Kier alpha value is -1.59. The topological polar surface area (TPSA) is 32.6 Å². The van der Waals surface area contributed by atoms with E-state index >= 15 is 0 Å². The molecule has 1 N–H and O–H groups in total. The molecule has 0 fully saturated rings. The number of alkyl halides is 3. The first kappa shape index (κ1) is 10.5. The van der Waals surface area contributed by atoms with Gasteiger partial charge in [-0.1, -0.05) is 17.3 Å². The molecule has 0 aliphatic rings. The van der Waals surface area contributed by atoms with Crippen molar-refractivity contribution in [3.63, 3.8) is 0 Å². The zero-order valence-corrected chi connectivity index (χ0v) is 6.72. The minimum Gasteiger partial charge on any atom is -0.410 e. The van der Waals surface area contributed by atoms with E-state index in [1.165, 1.54) is 12.1 Å². The molecule has 0 aliphatic carbocycles. The van der Waals surface area contributed by atoms with E-state index < -0.39 is 23.3 Å². The average Bonchev–Trinajstić information content (AvgIpc) is 2.07. The van der Waals surface area contributed by atoms with Crippen LogP contribution in [0.15, 0.2) is 29.4 Å². The third kappa shape index (κ3) is 2.01. The van der Waals surface area contributed by atoms with E-state index in [-0.39, 0.29) is 0 Å². The van der Waals surface area contributed by atoms with Crippen LogP contribution in [-0.2, 0) is 0 Å². The van der Waals surface area contributed by atoms with Gasteiger partial charge in [-0.15, -0.1) is 0 Å². The van der Waals surface area contributed by atoms with Crippen LogP contribution in [0.3, 0.4) is 0 Å². The summed E-state index contributed by atoms with van der Waals surface area (Å²) in [7, 11) is 0. The molecule has 76 valence electrons. The summed E-state index contributed by atoms with van der Waals surface area (Å²) in [5.41, 5.74) is -2.42. The first-order chi connectivity index (χ1) is 6.46. The van der Waals surface area contributed by atoms with E-state index in [4.69, 9.17) is 5.21 Å². The number of oxime groups is 1. The fraction of sp³-hybridized carbons (Fsp3) is 0.125. The molecule has 2 nitrogen and oxygen atoms in total. The summed E-state index contributed by atoms with van der Waals surface area (Å²) >= 11 is 0. The van der Waals surface area contributed by atoms with Gasteiger partial charge in [0, 0.05) is 5.56 Å². The van der Waals surface area contributed by atoms with E-state index in [0.29, 0.717) is 0 Å². The standard InChI is InChI=1S/C8H5F4NO/c9-6-4-2-1-3-5(6)7(13-14)8(10,11)12/h1-4,14H. The smallest absolute Gasteiger partial charge is 0.410 e. The fourth-order valence-corrected chi connectivity index (χ4v) is 0.917. The van der Waals surface area contributed by atoms with Gasteiger partial charge >= 0.3 is 6.18 Å². The molecular formula is C8H5F4NO. The lowest BCUT2D eigenvalue weighted by atomic mass is 10.1. The maximum Gasteiger partial charge on any atom is 0.437 e. The number of nitrogens with zero attached hydrogens (tertiary/aromatic N) is 1. The van der Waals surface area contributed by atoms with Crippen molar-refractivity contribution in [2.75, 3.05) is 0 Å². The SMILES string of the molecule is ON=C(c1ccccc1F)C(F)(F)F. The van der Waals surface area contributed by atoms with Crippen LogP contribution in [0, 0.1) is 5.82 Å². The summed E-state index contributed by atoms with van der Waals surface area (Å²) in [5, 5.41) is 10.2. The molecule has 0 spiro atoms. The molecule has 0 amide bonds. The summed E-state index contributed by atoms with van der Waals surface area (Å²) in [5.74, 6) is -1.09. The summed E-state index contributed by atoms with van der Waals surface area (Å²) in [4.78, 5) is 0. The molecule has 1 aromatic carbocycles. The van der Waals surface area contributed by atoms with Gasteiger partial charge in [0.25, 0.3) is 0 Å². The number of hydrogen-bond donors (Lipinski definition) is 1. The minimum atomic E-state index is -4.88. The number of benzene rings is 1. The highest BCUT2D eigenvalue weighted by molar-refractivity contribution is 6.04. The third-order valence-corrected chi connectivity index (χ3v) is 1.50. The van der Waals surface area contributed by atoms with Crippen molar-refractivity contribution in [1.82, 2.24) is 0 Å². The Labute approximate surface area is 76.5 Å². The van der Waals surface area contributed by atoms with E-state index in [1.807, 2.05) is 5.16 Å². The second-order valence-corrected chi connectivity index (χ2v) is 2.43. The van der Waals surface area contributed by atoms with Gasteiger partial charge in [-0.25, -0.2) is 4.39 Å². The van der Waals surface area contributed by atoms with Crippen molar-refractivity contribution in [2.45, 2.75) is 6.18 Å². The predicted molar refractivity (Wildman–Crippen MR) is 40.8 cm³/mol. The van der Waals surface area contributed by atoms with Crippen LogP contribution < -0.4 is 0 Å². The molecule has 0 unspecified atom stereocenters. The Kier molecular flexibility index (Phi) is 2.73. The minimum absolute atomic E-state index is 0.775. The lowest BCUT2D eigenvalue weighted by Gasteiger charge is -2.08. The van der Waals surface area contributed by atoms with Crippen LogP contribution >= 0.6 is 0 Å². The first-order valence-corrected chi connectivity index (χ1v) is 3.51. The number of halogens is 4. The van der Waals surface area contributed by atoms with Gasteiger partial charge in [0.1, 0.15) is 5.82 Å². The molecule has 0 heterocycles. The van der Waals surface area contributed by atoms with Crippen LogP contribution in [0.4, 0.5) is 17.6 Å². The molecule has 0 saturated carbocycles. The normalized spacial score (nSPS) is 13.0. The monoisotopic (exact) mass is 207 g/mol. The molecule has 0 bridgehead atoms. The first-order valence-electron chi connectivity index (χ1n) is 3.51. The van der Waals surface area contributed by atoms with Crippen molar-refractivity contribution in [2.24, 2.45) is 5.16 Å². The Bertz CT molecular complexity index is 359. The zero-order valence-electron chi connectivity index (χ0n) is 6.72. The van der Waals surface area contributed by atoms with Crippen LogP contribution in [0.25, 0.3) is 0 Å². The van der Waals surface area contributed by atoms with Gasteiger partial charge in [-0.05, 0) is 12.1 Å². The zero-order chi connectivity index (χ0) is 10.8. The number of hydrogen-bond acceptors (Lipinski definition) is 2. The van der Waals surface area contributed by atoms with Gasteiger partial charge in [-0.3, -0.25) is 0 Å². The Balaban J connectivity index is 3.23. The van der Waals surface area contributed by atoms with Crippen LogP contribution in [-0.4, -0.2) is 17.1 Å². The van der Waals surface area contributed by atoms with Gasteiger partial charge in [0.05, 0.1) is 0 Å². The highest BCUT2D eigenvalue weighted by Gasteiger charge is 2.38. The summed E-state index contributed by atoms with van der Waals surface area (Å²) in [6, 6.07) is 4.20. The lowest BCUT2D eigenvalue weighted by molar-refractivity contribution is -0.0602. The molecule has 0 aliphatic heterocycles. The second-order valence-electron chi connectivity index (χ2n) is 2.43. The molecule has 6 heteroatoms. The maximum atomic E-state index is 12.9. The molecular weight excluding hydrogens is 202 g/mol. The highest BCUT2D eigenvalue weighted by Crippen LogP contribution is 2.23. The third-order valence-electron chi connectivity index (χ3n) is 1.50. The Morgan fingerprint density at radius 2 is 1.79 bits per heavy atom. The summed E-state index contributed by atoms with van der Waals surface area (Å²) < 4.78 is 49.3. The van der Waals surface area contributed by atoms with Gasteiger partial charge in [0.2, 0.25) is 0 Å². The second kappa shape index (κ2) is 3.65. The molecule has 14 heavy (non-hydrogen) atoms. The van der Waals surface area contributed by atoms with Crippen molar-refractivity contribution in [3.8, 4) is 0 Å². The van der Waals surface area contributed by atoms with Crippen LogP contribution in [0.1, 0.15) is 5.56 Å². The summed E-state index contributed by atoms with van der Waals surface area (Å²) in [6.07, 6.45) is -4.88. The van der Waals surface area contributed by atoms with Gasteiger partial charge in [-0.2, -0.15) is 13.2 Å². The van der Waals surface area contributed by atoms with Crippen molar-refractivity contribution in [3.05, 3.63) is 35.6 Å². The average molecular weight is 207 g/mol. The number of rotatable bonds is 1. The van der Waals surface area contributed by atoms with Crippen LogP contribution in [0.2, 0.25) is 0 Å². The predicted octanol–water partition coefficient (Wildman–Crippen LogP) is 2.57. The van der Waals surface area contributed by atoms with Crippen molar-refractivity contribution >= 4 is 5.71 Å². The molecule has 0 saturated heterocycles. The molecule has 1 aromatic rings. The summed E-state index contributed by atoms with van der Waals surface area (Å²) in [6.45, 7) is 0. The van der Waals surface area contributed by atoms with Gasteiger partial charge in [0.15, 0.2) is 5.71 Å². The molecule has 0 aromatic heterocycles.